The Hall–Kier alpha value is -4.51. The molecule has 0 aliphatic carbocycles. The average Bonchev–Trinajstić information content (AvgIpc) is 3.57. The summed E-state index contributed by atoms with van der Waals surface area (Å²) in [5.74, 6) is -2.08. The van der Waals surface area contributed by atoms with Crippen molar-refractivity contribution in [2.75, 3.05) is 21.0 Å². The number of carbonyl (C=O) groups is 2. The lowest BCUT2D eigenvalue weighted by Crippen LogP contribution is -2.14. The fraction of sp³-hybridized carbons (Fsp3) is 0.321. The number of aryl methyl sites for hydroxylation is 1. The molecule has 5 rings (SSSR count). The number of Topliss-reactive ketones (excluding diaryl/α,β-unsaturated/α-hetero) is 1. The van der Waals surface area contributed by atoms with Gasteiger partial charge >= 0.3 is 5.97 Å². The lowest BCUT2D eigenvalue weighted by atomic mass is 9.82. The molecule has 204 valence electrons. The minimum atomic E-state index is -1.01. The molecule has 2 aromatic carbocycles. The van der Waals surface area contributed by atoms with Gasteiger partial charge in [-0.2, -0.15) is 0 Å². The molecule has 0 fully saturated rings. The number of methoxy groups -OCH3 is 2. The molecule has 11 nitrogen and oxygen atoms in total. The number of aromatic nitrogens is 1. The Morgan fingerprint density at radius 1 is 1.10 bits per heavy atom. The van der Waals surface area contributed by atoms with E-state index >= 15 is 0 Å². The zero-order valence-corrected chi connectivity index (χ0v) is 21.7. The van der Waals surface area contributed by atoms with E-state index in [1.807, 2.05) is 0 Å². The van der Waals surface area contributed by atoms with E-state index in [2.05, 4.69) is 4.98 Å². The molecule has 0 unspecified atom stereocenters. The van der Waals surface area contributed by atoms with Crippen LogP contribution in [-0.2, 0) is 20.9 Å². The number of aromatic hydroxyl groups is 3. The van der Waals surface area contributed by atoms with Crippen LogP contribution in [0.3, 0.4) is 0 Å². The molecule has 0 radical (unpaired) electrons. The Labute approximate surface area is 223 Å². The first-order valence-electron chi connectivity index (χ1n) is 12.1. The average molecular weight is 538 g/mol. The van der Waals surface area contributed by atoms with E-state index < -0.39 is 35.3 Å². The zero-order valence-electron chi connectivity index (χ0n) is 21.7. The summed E-state index contributed by atoms with van der Waals surface area (Å²) < 4.78 is 27.3. The first kappa shape index (κ1) is 26.1. The monoisotopic (exact) mass is 537 g/mol. The number of carbonyl (C=O) groups excluding carboxylic acids is 2. The van der Waals surface area contributed by atoms with Crippen molar-refractivity contribution in [3.63, 3.8) is 0 Å². The first-order valence-corrected chi connectivity index (χ1v) is 12.1. The highest BCUT2D eigenvalue weighted by Crippen LogP contribution is 2.52. The van der Waals surface area contributed by atoms with Crippen molar-refractivity contribution in [3.05, 3.63) is 63.5 Å². The van der Waals surface area contributed by atoms with E-state index in [0.717, 1.165) is 0 Å². The van der Waals surface area contributed by atoms with Crippen LogP contribution < -0.4 is 14.2 Å². The molecule has 11 heteroatoms. The van der Waals surface area contributed by atoms with Gasteiger partial charge in [-0.15, -0.1) is 0 Å². The van der Waals surface area contributed by atoms with E-state index in [0.29, 0.717) is 39.6 Å². The Morgan fingerprint density at radius 2 is 1.87 bits per heavy atom. The van der Waals surface area contributed by atoms with Gasteiger partial charge in [-0.25, -0.2) is 0 Å². The summed E-state index contributed by atoms with van der Waals surface area (Å²) in [5, 5.41) is 33.8. The van der Waals surface area contributed by atoms with E-state index in [1.165, 1.54) is 27.2 Å². The van der Waals surface area contributed by atoms with Crippen LogP contribution in [0, 0.1) is 6.92 Å². The van der Waals surface area contributed by atoms with E-state index in [9.17, 15) is 24.9 Å². The lowest BCUT2D eigenvalue weighted by Gasteiger charge is -2.25. The predicted molar refractivity (Wildman–Crippen MR) is 135 cm³/mol. The maximum Gasteiger partial charge on any atom is 0.306 e. The van der Waals surface area contributed by atoms with Crippen molar-refractivity contribution in [1.82, 2.24) is 4.98 Å². The number of ether oxygens (including phenoxy) is 5. The van der Waals surface area contributed by atoms with Crippen LogP contribution in [-0.4, -0.2) is 53.1 Å². The fourth-order valence-electron chi connectivity index (χ4n) is 5.05. The number of phenolic OH excluding ortho intramolecular Hbond substituents is 2. The van der Waals surface area contributed by atoms with E-state index in [1.54, 1.807) is 25.3 Å². The van der Waals surface area contributed by atoms with Crippen molar-refractivity contribution in [1.29, 1.82) is 0 Å². The molecule has 2 aliphatic rings. The van der Waals surface area contributed by atoms with Gasteiger partial charge in [0.1, 0.15) is 23.4 Å². The van der Waals surface area contributed by atoms with Gasteiger partial charge in [0.25, 0.3) is 0 Å². The van der Waals surface area contributed by atoms with Crippen LogP contribution in [0.4, 0.5) is 0 Å². The number of hydrogen-bond donors (Lipinski definition) is 3. The summed E-state index contributed by atoms with van der Waals surface area (Å²) in [6, 6.07) is 4.54. The fourth-order valence-corrected chi connectivity index (χ4v) is 5.05. The molecular formula is C28H27NO10. The standard InChI is InChI=1S/C28H27NO10/c1-12-24(32)22-15(9-29-12)10-37-27(22)18-7-16(13(2)30)25(33)23(26(18)34)17(8-21(31)36-4)14-5-19(35-3)28-20(6-14)38-11-39-28/h5-7,9,17,27,32-34H,8,10-11H2,1-4H3/t17-,27-/m0/s1. The Bertz CT molecular complexity index is 1500. The molecule has 1 aromatic heterocycles. The van der Waals surface area contributed by atoms with Crippen molar-refractivity contribution in [2.45, 2.75) is 38.9 Å². The number of hydrogen-bond acceptors (Lipinski definition) is 11. The first-order chi connectivity index (χ1) is 18.7. The minimum absolute atomic E-state index is 0.0342. The predicted octanol–water partition coefficient (Wildman–Crippen LogP) is 3.76. The second-order valence-corrected chi connectivity index (χ2v) is 9.29. The number of ketones is 1. The van der Waals surface area contributed by atoms with Gasteiger partial charge in [-0.3, -0.25) is 14.6 Å². The van der Waals surface area contributed by atoms with E-state index in [-0.39, 0.29) is 42.3 Å². The van der Waals surface area contributed by atoms with Crippen LogP contribution in [0.1, 0.15) is 69.2 Å². The molecule has 0 bridgehead atoms. The highest BCUT2D eigenvalue weighted by molar-refractivity contribution is 5.98. The third kappa shape index (κ3) is 4.34. The second kappa shape index (κ2) is 9.99. The highest BCUT2D eigenvalue weighted by atomic mass is 16.7. The summed E-state index contributed by atoms with van der Waals surface area (Å²) in [6.45, 7) is 2.98. The van der Waals surface area contributed by atoms with Gasteiger partial charge in [-0.05, 0) is 37.6 Å². The normalized spacial score (nSPS) is 16.1. The molecule has 0 amide bonds. The van der Waals surface area contributed by atoms with Crippen molar-refractivity contribution in [2.24, 2.45) is 0 Å². The number of fused-ring (bicyclic) bond motifs is 2. The number of rotatable bonds is 7. The largest absolute Gasteiger partial charge is 0.507 e. The summed E-state index contributed by atoms with van der Waals surface area (Å²) in [4.78, 5) is 29.4. The number of esters is 1. The molecule has 3 N–H and O–H groups in total. The number of nitrogens with zero attached hydrogens (tertiary/aromatic N) is 1. The quantitative estimate of drug-likeness (QED) is 0.298. The van der Waals surface area contributed by atoms with Crippen LogP contribution in [0.2, 0.25) is 0 Å². The molecule has 0 saturated heterocycles. The summed E-state index contributed by atoms with van der Waals surface area (Å²) in [7, 11) is 2.66. The molecule has 0 saturated carbocycles. The smallest absolute Gasteiger partial charge is 0.306 e. The number of phenols is 2. The lowest BCUT2D eigenvalue weighted by molar-refractivity contribution is -0.140. The molecule has 2 aliphatic heterocycles. The summed E-state index contributed by atoms with van der Waals surface area (Å²) in [6.07, 6.45) is 0.301. The summed E-state index contributed by atoms with van der Waals surface area (Å²) >= 11 is 0. The minimum Gasteiger partial charge on any atom is -0.507 e. The Morgan fingerprint density at radius 3 is 2.56 bits per heavy atom. The van der Waals surface area contributed by atoms with Gasteiger partial charge < -0.3 is 39.0 Å². The van der Waals surface area contributed by atoms with Crippen molar-refractivity contribution < 1.29 is 48.6 Å². The van der Waals surface area contributed by atoms with Crippen LogP contribution in [0.15, 0.2) is 24.4 Å². The maximum atomic E-state index is 12.7. The van der Waals surface area contributed by atoms with Crippen molar-refractivity contribution >= 4 is 11.8 Å². The Kier molecular flexibility index (Phi) is 6.69. The SMILES string of the molecule is COC(=O)C[C@@H](c1cc(OC)c2c(c1)OCO2)c1c(O)c(C(C)=O)cc([C@@H]2OCc3cnc(C)c(O)c32)c1O. The van der Waals surface area contributed by atoms with Gasteiger partial charge in [0.2, 0.25) is 12.5 Å². The Balaban J connectivity index is 1.76. The second-order valence-electron chi connectivity index (χ2n) is 9.29. The van der Waals surface area contributed by atoms with Gasteiger partial charge in [0, 0.05) is 34.4 Å². The number of pyridine rings is 1. The molecule has 3 heterocycles. The van der Waals surface area contributed by atoms with Crippen LogP contribution in [0.25, 0.3) is 0 Å². The van der Waals surface area contributed by atoms with Crippen molar-refractivity contribution in [3.8, 4) is 34.5 Å². The van der Waals surface area contributed by atoms with Gasteiger partial charge in [0.15, 0.2) is 17.3 Å². The maximum absolute atomic E-state index is 12.7. The molecule has 39 heavy (non-hydrogen) atoms. The zero-order chi connectivity index (χ0) is 28.0. The van der Waals surface area contributed by atoms with Crippen LogP contribution >= 0.6 is 0 Å². The highest BCUT2D eigenvalue weighted by Gasteiger charge is 2.37. The molecule has 0 spiro atoms. The summed E-state index contributed by atoms with van der Waals surface area (Å²) in [5.41, 5.74) is 1.76. The molecule has 2 atom stereocenters. The molecular weight excluding hydrogens is 510 g/mol. The van der Waals surface area contributed by atoms with Gasteiger partial charge in [-0.1, -0.05) is 0 Å². The van der Waals surface area contributed by atoms with Gasteiger partial charge in [0.05, 0.1) is 38.5 Å². The topological polar surface area (TPSA) is 154 Å². The third-order valence-corrected chi connectivity index (χ3v) is 7.06. The molecule has 3 aromatic rings. The third-order valence-electron chi connectivity index (χ3n) is 7.06. The number of benzene rings is 2. The van der Waals surface area contributed by atoms with E-state index in [4.69, 9.17) is 23.7 Å². The van der Waals surface area contributed by atoms with Crippen LogP contribution in [0.5, 0.6) is 34.5 Å².